The van der Waals surface area contributed by atoms with Crippen molar-refractivity contribution >= 4 is 11.4 Å². The summed E-state index contributed by atoms with van der Waals surface area (Å²) in [7, 11) is 0. The fraction of sp³-hybridized carbons (Fsp3) is 0.267. The van der Waals surface area contributed by atoms with E-state index in [1.807, 2.05) is 25.1 Å². The Morgan fingerprint density at radius 1 is 1.33 bits per heavy atom. The molecule has 21 heavy (non-hydrogen) atoms. The van der Waals surface area contributed by atoms with Crippen molar-refractivity contribution < 1.29 is 9.66 Å². The molecule has 2 rings (SSSR count). The molecule has 1 heterocycles. The van der Waals surface area contributed by atoms with Gasteiger partial charge in [0.25, 0.3) is 0 Å². The Hall–Kier alpha value is -2.63. The lowest BCUT2D eigenvalue weighted by Gasteiger charge is -2.15. The molecule has 0 amide bonds. The van der Waals surface area contributed by atoms with E-state index in [9.17, 15) is 10.1 Å². The Balaban J connectivity index is 2.31. The van der Waals surface area contributed by atoms with Gasteiger partial charge in [-0.25, -0.2) is 0 Å². The van der Waals surface area contributed by atoms with E-state index in [4.69, 9.17) is 4.74 Å². The van der Waals surface area contributed by atoms with Gasteiger partial charge in [-0.3, -0.25) is 15.1 Å². The number of hydrogen-bond donors (Lipinski definition) is 1. The number of anilines is 1. The third kappa shape index (κ3) is 3.47. The summed E-state index contributed by atoms with van der Waals surface area (Å²) in [5.74, 6) is 0.265. The highest BCUT2D eigenvalue weighted by atomic mass is 16.6. The maximum Gasteiger partial charge on any atom is 0.333 e. The monoisotopic (exact) mass is 287 g/mol. The number of ether oxygens (including phenoxy) is 1. The number of nitro benzene ring substituents is 1. The van der Waals surface area contributed by atoms with Crippen molar-refractivity contribution in [2.24, 2.45) is 0 Å². The van der Waals surface area contributed by atoms with E-state index in [0.29, 0.717) is 12.3 Å². The Kier molecular flexibility index (Phi) is 4.71. The molecule has 1 N–H and O–H groups in total. The van der Waals surface area contributed by atoms with Crippen LogP contribution in [0, 0.1) is 10.1 Å². The molecule has 0 saturated heterocycles. The molecule has 1 atom stereocenters. The SMILES string of the molecule is CCOc1cccc(NC(C)c2ccccn2)c1[N+](=O)[O-]. The van der Waals surface area contributed by atoms with Crippen LogP contribution < -0.4 is 10.1 Å². The van der Waals surface area contributed by atoms with Crippen LogP contribution in [-0.2, 0) is 0 Å². The van der Waals surface area contributed by atoms with Crippen molar-refractivity contribution in [2.45, 2.75) is 19.9 Å². The fourth-order valence-corrected chi connectivity index (χ4v) is 2.04. The lowest BCUT2D eigenvalue weighted by molar-refractivity contribution is -0.385. The number of nitro groups is 1. The first-order valence-electron chi connectivity index (χ1n) is 6.71. The van der Waals surface area contributed by atoms with Gasteiger partial charge in [0, 0.05) is 6.20 Å². The zero-order valence-corrected chi connectivity index (χ0v) is 11.9. The number of pyridine rings is 1. The first-order valence-corrected chi connectivity index (χ1v) is 6.71. The summed E-state index contributed by atoms with van der Waals surface area (Å²) in [6.45, 7) is 4.07. The number of hydrogen-bond acceptors (Lipinski definition) is 5. The summed E-state index contributed by atoms with van der Waals surface area (Å²) >= 11 is 0. The Morgan fingerprint density at radius 3 is 2.76 bits per heavy atom. The summed E-state index contributed by atoms with van der Waals surface area (Å²) in [6, 6.07) is 10.4. The smallest absolute Gasteiger partial charge is 0.333 e. The predicted molar refractivity (Wildman–Crippen MR) is 80.5 cm³/mol. The molecular weight excluding hydrogens is 270 g/mol. The van der Waals surface area contributed by atoms with Crippen LogP contribution in [0.5, 0.6) is 5.75 Å². The van der Waals surface area contributed by atoms with Gasteiger partial charge in [0.2, 0.25) is 0 Å². The number of aromatic nitrogens is 1. The van der Waals surface area contributed by atoms with Gasteiger partial charge in [-0.05, 0) is 38.1 Å². The molecular formula is C15H17N3O3. The molecule has 6 heteroatoms. The normalized spacial score (nSPS) is 11.7. The van der Waals surface area contributed by atoms with E-state index in [1.165, 1.54) is 0 Å². The molecule has 1 unspecified atom stereocenters. The first-order chi connectivity index (χ1) is 10.1. The van der Waals surface area contributed by atoms with E-state index < -0.39 is 4.92 Å². The zero-order chi connectivity index (χ0) is 15.2. The average Bonchev–Trinajstić information content (AvgIpc) is 2.48. The van der Waals surface area contributed by atoms with Gasteiger partial charge in [0.1, 0.15) is 5.69 Å². The van der Waals surface area contributed by atoms with Crippen molar-refractivity contribution in [2.75, 3.05) is 11.9 Å². The van der Waals surface area contributed by atoms with Crippen molar-refractivity contribution in [3.05, 3.63) is 58.4 Å². The summed E-state index contributed by atoms with van der Waals surface area (Å²) in [6.07, 6.45) is 1.69. The standard InChI is InChI=1S/C15H17N3O3/c1-3-21-14-9-6-8-13(15(14)18(19)20)17-11(2)12-7-4-5-10-16-12/h4-11,17H,3H2,1-2H3. The van der Waals surface area contributed by atoms with E-state index >= 15 is 0 Å². The first kappa shape index (κ1) is 14.8. The summed E-state index contributed by atoms with van der Waals surface area (Å²) in [5, 5.41) is 14.4. The molecule has 1 aromatic carbocycles. The van der Waals surface area contributed by atoms with Gasteiger partial charge < -0.3 is 10.1 Å². The molecule has 2 aromatic rings. The fourth-order valence-electron chi connectivity index (χ4n) is 2.04. The number of benzene rings is 1. The molecule has 0 aliphatic heterocycles. The van der Waals surface area contributed by atoms with E-state index in [2.05, 4.69) is 10.3 Å². The second-order valence-corrected chi connectivity index (χ2v) is 4.46. The highest BCUT2D eigenvalue weighted by Gasteiger charge is 2.22. The zero-order valence-electron chi connectivity index (χ0n) is 11.9. The van der Waals surface area contributed by atoms with Crippen LogP contribution in [0.4, 0.5) is 11.4 Å². The molecule has 0 bridgehead atoms. The number of nitrogens with zero attached hydrogens (tertiary/aromatic N) is 2. The minimum Gasteiger partial charge on any atom is -0.487 e. The van der Waals surface area contributed by atoms with Crippen LogP contribution in [0.3, 0.4) is 0 Å². The highest BCUT2D eigenvalue weighted by Crippen LogP contribution is 2.36. The second kappa shape index (κ2) is 6.69. The average molecular weight is 287 g/mol. The molecule has 0 radical (unpaired) electrons. The molecule has 0 spiro atoms. The topological polar surface area (TPSA) is 77.3 Å². The van der Waals surface area contributed by atoms with Crippen molar-refractivity contribution in [3.8, 4) is 5.75 Å². The lowest BCUT2D eigenvalue weighted by atomic mass is 10.2. The van der Waals surface area contributed by atoms with Gasteiger partial charge in [-0.15, -0.1) is 0 Å². The van der Waals surface area contributed by atoms with E-state index in [0.717, 1.165) is 5.69 Å². The molecule has 0 aliphatic rings. The minimum atomic E-state index is -0.432. The van der Waals surface area contributed by atoms with Crippen molar-refractivity contribution in [1.82, 2.24) is 4.98 Å². The third-order valence-corrected chi connectivity index (χ3v) is 2.98. The molecule has 1 aromatic heterocycles. The largest absolute Gasteiger partial charge is 0.487 e. The molecule has 0 saturated carbocycles. The van der Waals surface area contributed by atoms with Gasteiger partial charge >= 0.3 is 5.69 Å². The van der Waals surface area contributed by atoms with Gasteiger partial charge in [-0.1, -0.05) is 12.1 Å². The van der Waals surface area contributed by atoms with Gasteiger partial charge in [0.15, 0.2) is 5.75 Å². The van der Waals surface area contributed by atoms with Crippen LogP contribution in [0.2, 0.25) is 0 Å². The van der Waals surface area contributed by atoms with Crippen LogP contribution in [0.1, 0.15) is 25.6 Å². The van der Waals surface area contributed by atoms with Crippen LogP contribution >= 0.6 is 0 Å². The van der Waals surface area contributed by atoms with Gasteiger partial charge in [-0.2, -0.15) is 0 Å². The molecule has 0 fully saturated rings. The Labute approximate surface area is 122 Å². The van der Waals surface area contributed by atoms with Crippen LogP contribution in [0.25, 0.3) is 0 Å². The summed E-state index contributed by atoms with van der Waals surface area (Å²) < 4.78 is 5.33. The molecule has 0 aliphatic carbocycles. The molecule has 6 nitrogen and oxygen atoms in total. The van der Waals surface area contributed by atoms with E-state index in [-0.39, 0.29) is 17.5 Å². The molecule has 110 valence electrons. The van der Waals surface area contributed by atoms with Crippen LogP contribution in [-0.4, -0.2) is 16.5 Å². The summed E-state index contributed by atoms with van der Waals surface area (Å²) in [4.78, 5) is 15.1. The Bertz CT molecular complexity index is 617. The number of rotatable bonds is 6. The van der Waals surface area contributed by atoms with E-state index in [1.54, 1.807) is 31.3 Å². The van der Waals surface area contributed by atoms with Gasteiger partial charge in [0.05, 0.1) is 23.3 Å². The second-order valence-electron chi connectivity index (χ2n) is 4.46. The van der Waals surface area contributed by atoms with Crippen LogP contribution in [0.15, 0.2) is 42.6 Å². The summed E-state index contributed by atoms with van der Waals surface area (Å²) in [5.41, 5.74) is 1.18. The lowest BCUT2D eigenvalue weighted by Crippen LogP contribution is -2.10. The number of nitrogens with one attached hydrogen (secondary N) is 1. The maximum absolute atomic E-state index is 11.3. The third-order valence-electron chi connectivity index (χ3n) is 2.98. The minimum absolute atomic E-state index is 0.0536. The van der Waals surface area contributed by atoms with Crippen molar-refractivity contribution in [1.29, 1.82) is 0 Å². The van der Waals surface area contributed by atoms with Crippen molar-refractivity contribution in [3.63, 3.8) is 0 Å². The highest BCUT2D eigenvalue weighted by molar-refractivity contribution is 5.68. The number of para-hydroxylation sites is 1. The quantitative estimate of drug-likeness (QED) is 0.649. The Morgan fingerprint density at radius 2 is 2.14 bits per heavy atom. The predicted octanol–water partition coefficient (Wildman–Crippen LogP) is 3.56. The maximum atomic E-state index is 11.3.